The van der Waals surface area contributed by atoms with Gasteiger partial charge in [-0.3, -0.25) is 13.9 Å². The van der Waals surface area contributed by atoms with Crippen LogP contribution in [-0.2, 0) is 14.8 Å². The van der Waals surface area contributed by atoms with E-state index in [9.17, 15) is 23.3 Å². The number of carbonyl (C=O) groups excluding carboxylic acids is 2. The number of nitrogens with zero attached hydrogens (tertiary/aromatic N) is 2. The maximum absolute atomic E-state index is 12.9. The zero-order chi connectivity index (χ0) is 24.0. The summed E-state index contributed by atoms with van der Waals surface area (Å²) in [6.07, 6.45) is 5.28. The van der Waals surface area contributed by atoms with Gasteiger partial charge in [0.05, 0.1) is 23.4 Å². The summed E-state index contributed by atoms with van der Waals surface area (Å²) in [7, 11) is -3.30. The molecule has 1 aromatic rings. The molecular formula is C24H34N4O4S. The first-order valence-corrected chi connectivity index (χ1v) is 13.4. The Labute approximate surface area is 196 Å². The number of carbonyl (C=O) groups is 2. The van der Waals surface area contributed by atoms with Crippen molar-refractivity contribution >= 4 is 27.5 Å². The van der Waals surface area contributed by atoms with Gasteiger partial charge in [0, 0.05) is 18.2 Å². The van der Waals surface area contributed by atoms with E-state index in [-0.39, 0.29) is 29.5 Å². The van der Waals surface area contributed by atoms with E-state index in [1.807, 2.05) is 13.8 Å². The molecule has 0 spiro atoms. The molecule has 1 aromatic carbocycles. The Morgan fingerprint density at radius 1 is 1.12 bits per heavy atom. The highest BCUT2D eigenvalue weighted by Gasteiger charge is 2.33. The van der Waals surface area contributed by atoms with Crippen molar-refractivity contribution in [3.8, 4) is 6.07 Å². The molecular weight excluding hydrogens is 440 g/mol. The summed E-state index contributed by atoms with van der Waals surface area (Å²) in [6.45, 7) is 4.46. The van der Waals surface area contributed by atoms with Crippen molar-refractivity contribution in [2.75, 3.05) is 16.6 Å². The molecule has 33 heavy (non-hydrogen) atoms. The first kappa shape index (κ1) is 25.0. The number of sulfonamides is 1. The molecule has 2 fully saturated rings. The van der Waals surface area contributed by atoms with Gasteiger partial charge in [-0.25, -0.2) is 8.42 Å². The molecule has 1 aliphatic carbocycles. The molecule has 9 heteroatoms. The predicted molar refractivity (Wildman–Crippen MR) is 127 cm³/mol. The van der Waals surface area contributed by atoms with Gasteiger partial charge in [-0.1, -0.05) is 26.7 Å². The fourth-order valence-corrected chi connectivity index (χ4v) is 6.26. The van der Waals surface area contributed by atoms with Crippen molar-refractivity contribution in [1.82, 2.24) is 10.6 Å². The van der Waals surface area contributed by atoms with Crippen molar-refractivity contribution in [2.24, 2.45) is 11.8 Å². The lowest BCUT2D eigenvalue weighted by molar-refractivity contribution is -0.127. The SMILES string of the molecule is CC(C)C[C@@H](C#N)NC(=O)[C@@H]1CCCC[C@@H]1NC(=O)c1ccc(N2CCCCS2(=O)=O)cc1. The van der Waals surface area contributed by atoms with Gasteiger partial charge in [-0.05, 0) is 62.3 Å². The minimum absolute atomic E-state index is 0.143. The smallest absolute Gasteiger partial charge is 0.251 e. The van der Waals surface area contributed by atoms with Crippen molar-refractivity contribution < 1.29 is 18.0 Å². The lowest BCUT2D eigenvalue weighted by atomic mass is 9.83. The second-order valence-corrected chi connectivity index (χ2v) is 11.4. The Bertz CT molecular complexity index is 985. The number of anilines is 1. The highest BCUT2D eigenvalue weighted by Crippen LogP contribution is 2.27. The zero-order valence-electron chi connectivity index (χ0n) is 19.4. The molecule has 2 aliphatic rings. The summed E-state index contributed by atoms with van der Waals surface area (Å²) in [6, 6.07) is 7.89. The highest BCUT2D eigenvalue weighted by molar-refractivity contribution is 7.92. The molecule has 0 unspecified atom stereocenters. The van der Waals surface area contributed by atoms with E-state index in [4.69, 9.17) is 0 Å². The van der Waals surface area contributed by atoms with Gasteiger partial charge in [0.15, 0.2) is 0 Å². The predicted octanol–water partition coefficient (Wildman–Crippen LogP) is 2.96. The summed E-state index contributed by atoms with van der Waals surface area (Å²) >= 11 is 0. The van der Waals surface area contributed by atoms with E-state index in [2.05, 4.69) is 16.7 Å². The van der Waals surface area contributed by atoms with Crippen molar-refractivity contribution in [1.29, 1.82) is 5.26 Å². The first-order valence-electron chi connectivity index (χ1n) is 11.8. The average molecular weight is 475 g/mol. The molecule has 8 nitrogen and oxygen atoms in total. The van der Waals surface area contributed by atoms with Crippen molar-refractivity contribution in [2.45, 2.75) is 70.9 Å². The van der Waals surface area contributed by atoms with Crippen LogP contribution in [0.4, 0.5) is 5.69 Å². The Balaban J connectivity index is 1.65. The molecule has 1 saturated heterocycles. The molecule has 2 amide bonds. The minimum atomic E-state index is -3.30. The monoisotopic (exact) mass is 474 g/mol. The molecule has 2 N–H and O–H groups in total. The van der Waals surface area contributed by atoms with E-state index < -0.39 is 16.1 Å². The van der Waals surface area contributed by atoms with Crippen LogP contribution in [0.1, 0.15) is 69.2 Å². The third-order valence-electron chi connectivity index (χ3n) is 6.37. The van der Waals surface area contributed by atoms with E-state index in [0.717, 1.165) is 19.3 Å². The molecule has 3 atom stereocenters. The summed E-state index contributed by atoms with van der Waals surface area (Å²) in [4.78, 5) is 25.8. The zero-order valence-corrected chi connectivity index (χ0v) is 20.2. The standard InChI is InChI=1S/C24H34N4O4S/c1-17(2)15-19(16-25)26-24(30)21-7-3-4-8-22(21)27-23(29)18-9-11-20(12-10-18)28-13-5-6-14-33(28,31)32/h9-12,17,19,21-22H,3-8,13-15H2,1-2H3,(H,26,30)(H,27,29)/t19-,21+,22-/m0/s1. The minimum Gasteiger partial charge on any atom is -0.349 e. The number of amides is 2. The van der Waals surface area contributed by atoms with E-state index in [1.165, 1.54) is 4.31 Å². The molecule has 1 heterocycles. The van der Waals surface area contributed by atoms with Crippen LogP contribution >= 0.6 is 0 Å². The number of nitriles is 1. The van der Waals surface area contributed by atoms with Gasteiger partial charge >= 0.3 is 0 Å². The third kappa shape index (κ3) is 6.47. The molecule has 0 radical (unpaired) electrons. The van der Waals surface area contributed by atoms with Gasteiger partial charge in [0.1, 0.15) is 6.04 Å². The first-order chi connectivity index (χ1) is 15.7. The quantitative estimate of drug-likeness (QED) is 0.630. The topological polar surface area (TPSA) is 119 Å². The molecule has 3 rings (SSSR count). The molecule has 180 valence electrons. The second kappa shape index (κ2) is 11.0. The summed E-state index contributed by atoms with van der Waals surface area (Å²) in [5, 5.41) is 15.2. The summed E-state index contributed by atoms with van der Waals surface area (Å²) < 4.78 is 26.0. The lowest BCUT2D eigenvalue weighted by Crippen LogP contribution is -2.50. The van der Waals surface area contributed by atoms with Crippen LogP contribution in [0.5, 0.6) is 0 Å². The van der Waals surface area contributed by atoms with Gasteiger partial charge in [0.25, 0.3) is 5.91 Å². The molecule has 0 aromatic heterocycles. The largest absolute Gasteiger partial charge is 0.349 e. The van der Waals surface area contributed by atoms with E-state index in [1.54, 1.807) is 24.3 Å². The normalized spacial score (nSPS) is 23.4. The molecule has 1 aliphatic heterocycles. The summed E-state index contributed by atoms with van der Waals surface area (Å²) in [5.41, 5.74) is 0.987. The van der Waals surface area contributed by atoms with Crippen molar-refractivity contribution in [3.05, 3.63) is 29.8 Å². The number of nitrogens with one attached hydrogen (secondary N) is 2. The Kier molecular flexibility index (Phi) is 8.35. The number of hydrogen-bond donors (Lipinski definition) is 2. The van der Waals surface area contributed by atoms with Crippen LogP contribution in [-0.4, -0.2) is 44.6 Å². The highest BCUT2D eigenvalue weighted by atomic mass is 32.2. The summed E-state index contributed by atoms with van der Waals surface area (Å²) in [5.74, 6) is -0.405. The second-order valence-electron chi connectivity index (χ2n) is 9.43. The van der Waals surface area contributed by atoms with Crippen LogP contribution in [0.2, 0.25) is 0 Å². The lowest BCUT2D eigenvalue weighted by Gasteiger charge is -2.32. The van der Waals surface area contributed by atoms with E-state index in [0.29, 0.717) is 49.4 Å². The molecule has 1 saturated carbocycles. The molecule has 0 bridgehead atoms. The Morgan fingerprint density at radius 2 is 1.82 bits per heavy atom. The number of benzene rings is 1. The van der Waals surface area contributed by atoms with Gasteiger partial charge < -0.3 is 10.6 Å². The number of hydrogen-bond acceptors (Lipinski definition) is 5. The maximum Gasteiger partial charge on any atom is 0.251 e. The Morgan fingerprint density at radius 3 is 2.45 bits per heavy atom. The van der Waals surface area contributed by atoms with Gasteiger partial charge in [0.2, 0.25) is 15.9 Å². The van der Waals surface area contributed by atoms with Crippen LogP contribution < -0.4 is 14.9 Å². The fourth-order valence-electron chi connectivity index (χ4n) is 4.62. The Hall–Kier alpha value is -2.60. The average Bonchev–Trinajstić information content (AvgIpc) is 2.78. The van der Waals surface area contributed by atoms with Gasteiger partial charge in [-0.2, -0.15) is 5.26 Å². The van der Waals surface area contributed by atoms with Crippen molar-refractivity contribution in [3.63, 3.8) is 0 Å². The van der Waals surface area contributed by atoms with Crippen LogP contribution in [0.3, 0.4) is 0 Å². The van der Waals surface area contributed by atoms with Crippen LogP contribution in [0, 0.1) is 23.2 Å². The van der Waals surface area contributed by atoms with Gasteiger partial charge in [-0.15, -0.1) is 0 Å². The van der Waals surface area contributed by atoms with Crippen LogP contribution in [0.15, 0.2) is 24.3 Å². The fraction of sp³-hybridized carbons (Fsp3) is 0.625. The number of rotatable bonds is 7. The maximum atomic E-state index is 12.9. The van der Waals surface area contributed by atoms with E-state index >= 15 is 0 Å². The van der Waals surface area contributed by atoms with Crippen LogP contribution in [0.25, 0.3) is 0 Å². The third-order valence-corrected chi connectivity index (χ3v) is 8.23.